The summed E-state index contributed by atoms with van der Waals surface area (Å²) in [6, 6.07) is -1.04. The van der Waals surface area contributed by atoms with Crippen molar-refractivity contribution in [1.82, 2.24) is 5.32 Å². The number of amides is 1. The molecule has 1 fully saturated rings. The number of ether oxygens (including phenoxy) is 3. The summed E-state index contributed by atoms with van der Waals surface area (Å²) >= 11 is 0. The highest BCUT2D eigenvalue weighted by Crippen LogP contribution is 2.26. The molecule has 1 aliphatic rings. The first kappa shape index (κ1) is 68.1. The molecule has 6 N–H and O–H groups in total. The first-order chi connectivity index (χ1) is 35.7. The van der Waals surface area contributed by atoms with Crippen LogP contribution in [0, 0.1) is 0 Å². The van der Waals surface area contributed by atoms with Gasteiger partial charge in [0.2, 0.25) is 5.91 Å². The molecule has 0 radical (unpaired) electrons. The van der Waals surface area contributed by atoms with E-state index in [1.165, 1.54) is 116 Å². The summed E-state index contributed by atoms with van der Waals surface area (Å²) in [5.74, 6) is -1.22. The van der Waals surface area contributed by atoms with Gasteiger partial charge in [0, 0.05) is 6.42 Å². The van der Waals surface area contributed by atoms with E-state index in [9.17, 15) is 35.1 Å². The minimum atomic E-state index is -1.62. The lowest BCUT2D eigenvalue weighted by atomic mass is 9.99. The Balaban J connectivity index is 2.74. The van der Waals surface area contributed by atoms with Crippen LogP contribution in [0.3, 0.4) is 0 Å². The zero-order valence-electron chi connectivity index (χ0n) is 46.5. The summed E-state index contributed by atoms with van der Waals surface area (Å²) in [5.41, 5.74) is 0. The number of carbonyl (C=O) groups excluding carboxylic acids is 2. The highest BCUT2D eigenvalue weighted by molar-refractivity contribution is 5.80. The van der Waals surface area contributed by atoms with Crippen molar-refractivity contribution in [1.29, 1.82) is 0 Å². The van der Waals surface area contributed by atoms with Gasteiger partial charge < -0.3 is 45.1 Å². The number of esters is 1. The number of rotatable bonds is 49. The van der Waals surface area contributed by atoms with Gasteiger partial charge in [0.25, 0.3) is 0 Å². The van der Waals surface area contributed by atoms with Crippen molar-refractivity contribution in [3.63, 3.8) is 0 Å². The Morgan fingerprint density at radius 2 is 1.00 bits per heavy atom. The van der Waals surface area contributed by atoms with Crippen LogP contribution in [0.4, 0.5) is 0 Å². The van der Waals surface area contributed by atoms with E-state index >= 15 is 0 Å². The number of aliphatic hydroxyl groups is 5. The molecule has 0 bridgehead atoms. The highest BCUT2D eigenvalue weighted by atomic mass is 16.7. The smallest absolute Gasteiger partial charge is 0.306 e. The molecule has 1 rings (SSSR count). The van der Waals surface area contributed by atoms with Crippen LogP contribution in [0.15, 0.2) is 72.9 Å². The maximum atomic E-state index is 13.4. The maximum Gasteiger partial charge on any atom is 0.306 e. The number of carbonyl (C=O) groups is 2. The van der Waals surface area contributed by atoms with Crippen LogP contribution in [0.5, 0.6) is 0 Å². The summed E-state index contributed by atoms with van der Waals surface area (Å²) in [4.78, 5) is 26.5. The largest absolute Gasteiger partial charge is 0.454 e. The molecule has 73 heavy (non-hydrogen) atoms. The van der Waals surface area contributed by atoms with Gasteiger partial charge in [-0.25, -0.2) is 0 Å². The van der Waals surface area contributed by atoms with Gasteiger partial charge in [0.1, 0.15) is 24.4 Å². The molecular weight excluding hydrogens is 919 g/mol. The zero-order chi connectivity index (χ0) is 53.3. The third kappa shape index (κ3) is 38.3. The van der Waals surface area contributed by atoms with Crippen molar-refractivity contribution in [3.05, 3.63) is 72.9 Å². The van der Waals surface area contributed by atoms with E-state index in [1.807, 2.05) is 42.5 Å². The molecule has 1 amide bonds. The van der Waals surface area contributed by atoms with Gasteiger partial charge in [-0.3, -0.25) is 9.59 Å². The molecule has 0 spiro atoms. The highest BCUT2D eigenvalue weighted by Gasteiger charge is 2.47. The van der Waals surface area contributed by atoms with E-state index < -0.39 is 67.4 Å². The number of hydrogen-bond acceptors (Lipinski definition) is 10. The monoisotopic (exact) mass is 1030 g/mol. The normalized spacial score (nSPS) is 19.9. The van der Waals surface area contributed by atoms with Crippen LogP contribution in [0.25, 0.3) is 0 Å². The summed E-state index contributed by atoms with van der Waals surface area (Å²) < 4.78 is 17.6. The van der Waals surface area contributed by atoms with E-state index in [-0.39, 0.29) is 19.4 Å². The number of nitrogens with one attached hydrogen (secondary N) is 1. The fraction of sp³-hybridized carbons (Fsp3) is 0.774. The molecule has 0 aromatic heterocycles. The molecule has 8 unspecified atom stereocenters. The number of unbranched alkanes of at least 4 members (excludes halogenated alkanes) is 28. The summed E-state index contributed by atoms with van der Waals surface area (Å²) in [5, 5.41) is 56.9. The Morgan fingerprint density at radius 3 is 1.52 bits per heavy atom. The molecule has 422 valence electrons. The first-order valence-electron chi connectivity index (χ1n) is 29.8. The molecule has 0 aromatic carbocycles. The average molecular weight is 1030 g/mol. The second kappa shape index (κ2) is 49.9. The fourth-order valence-electron chi connectivity index (χ4n) is 8.95. The molecule has 0 saturated carbocycles. The van der Waals surface area contributed by atoms with E-state index in [0.717, 1.165) is 83.5 Å². The van der Waals surface area contributed by atoms with Gasteiger partial charge >= 0.3 is 5.97 Å². The Morgan fingerprint density at radius 1 is 0.548 bits per heavy atom. The van der Waals surface area contributed by atoms with E-state index in [1.54, 1.807) is 6.08 Å². The predicted molar refractivity (Wildman–Crippen MR) is 301 cm³/mol. The third-order valence-corrected chi connectivity index (χ3v) is 13.7. The number of hydrogen-bond donors (Lipinski definition) is 6. The summed E-state index contributed by atoms with van der Waals surface area (Å²) in [6.07, 6.45) is 52.2. The van der Waals surface area contributed by atoms with Crippen molar-refractivity contribution >= 4 is 11.9 Å². The van der Waals surface area contributed by atoms with E-state index in [4.69, 9.17) is 14.2 Å². The molecule has 1 saturated heterocycles. The lowest BCUT2D eigenvalue weighted by Gasteiger charge is -2.41. The van der Waals surface area contributed by atoms with Gasteiger partial charge in [-0.1, -0.05) is 241 Å². The second-order valence-corrected chi connectivity index (χ2v) is 20.4. The third-order valence-electron chi connectivity index (χ3n) is 13.7. The Bertz CT molecular complexity index is 1460. The van der Waals surface area contributed by atoms with Gasteiger partial charge in [0.05, 0.1) is 25.4 Å². The molecule has 0 aromatic rings. The van der Waals surface area contributed by atoms with E-state index in [0.29, 0.717) is 12.8 Å². The average Bonchev–Trinajstić information content (AvgIpc) is 3.39. The molecule has 11 heteroatoms. The van der Waals surface area contributed by atoms with Crippen LogP contribution in [-0.4, -0.2) is 99.6 Å². The first-order valence-corrected chi connectivity index (χ1v) is 29.8. The maximum absolute atomic E-state index is 13.4. The van der Waals surface area contributed by atoms with Crippen molar-refractivity contribution < 1.29 is 49.3 Å². The van der Waals surface area contributed by atoms with Gasteiger partial charge in [-0.15, -0.1) is 0 Å². The molecule has 0 aliphatic carbocycles. The summed E-state index contributed by atoms with van der Waals surface area (Å²) in [6.45, 7) is 5.62. The molecule has 1 aliphatic heterocycles. The van der Waals surface area contributed by atoms with Crippen molar-refractivity contribution in [2.45, 2.75) is 294 Å². The minimum absolute atomic E-state index is 0.113. The molecule has 1 heterocycles. The van der Waals surface area contributed by atoms with E-state index in [2.05, 4.69) is 50.4 Å². The van der Waals surface area contributed by atoms with Crippen molar-refractivity contribution in [2.75, 3.05) is 13.2 Å². The molecular formula is C62H109NO10. The lowest BCUT2D eigenvalue weighted by molar-refractivity contribution is -0.305. The number of allylic oxidation sites excluding steroid dienone is 11. The second-order valence-electron chi connectivity index (χ2n) is 20.4. The fourth-order valence-corrected chi connectivity index (χ4v) is 8.95. The van der Waals surface area contributed by atoms with Crippen LogP contribution in [-0.2, 0) is 23.8 Å². The van der Waals surface area contributed by atoms with Crippen LogP contribution in [0.2, 0.25) is 0 Å². The standard InChI is InChI=1S/C62H109NO10/c1-4-7-10-13-16-19-22-25-27-28-29-32-35-38-41-44-47-50-57(67)73-60-59(69)58(68)56(51-64)72-62(60)71-52-53(54(65)48-45-42-39-36-33-30-24-21-18-15-12-9-6-3)63-61(70)55(66)49-46-43-40-37-34-31-26-23-20-17-14-11-8-5-2/h8,11,14,17,20,23,25-27,31,45,48,53-56,58-60,62,64-66,68-69H,4-7,9-10,12-13,15-16,18-19,21-22,24,28-30,32-44,46-47,49-52H2,1-3H3,(H,63,70)/b11-8+,17-14+,23-20+,27-25+,31-26-,48-45+. The Labute approximate surface area is 445 Å². The Hall–Kier alpha value is -2.90. The van der Waals surface area contributed by atoms with Crippen molar-refractivity contribution in [3.8, 4) is 0 Å². The predicted octanol–water partition coefficient (Wildman–Crippen LogP) is 13.6. The topological polar surface area (TPSA) is 175 Å². The Kier molecular flexibility index (Phi) is 46.6. The molecule has 11 nitrogen and oxygen atoms in total. The lowest BCUT2D eigenvalue weighted by Crippen LogP contribution is -2.61. The quantitative estimate of drug-likeness (QED) is 0.0149. The number of aliphatic hydroxyl groups excluding tert-OH is 5. The minimum Gasteiger partial charge on any atom is -0.454 e. The van der Waals surface area contributed by atoms with Crippen LogP contribution < -0.4 is 5.32 Å². The SMILES string of the molecule is CC/C=C/C=C/C=C/C=C\CCCCCCC(O)C(=O)NC(COC1OC(CO)C(O)C(O)C1OC(=O)CCCCCCCCC/C=C/CCCCCCCC)C(O)/C=C/CCCCCCCCCCCCC. The van der Waals surface area contributed by atoms with Crippen molar-refractivity contribution in [2.24, 2.45) is 0 Å². The summed E-state index contributed by atoms with van der Waals surface area (Å²) in [7, 11) is 0. The van der Waals surface area contributed by atoms with Gasteiger partial charge in [-0.2, -0.15) is 0 Å². The van der Waals surface area contributed by atoms with Crippen LogP contribution >= 0.6 is 0 Å². The van der Waals surface area contributed by atoms with Gasteiger partial charge in [-0.05, 0) is 70.6 Å². The van der Waals surface area contributed by atoms with Gasteiger partial charge in [0.15, 0.2) is 12.4 Å². The van der Waals surface area contributed by atoms with Crippen LogP contribution in [0.1, 0.15) is 245 Å². The molecule has 8 atom stereocenters. The zero-order valence-corrected chi connectivity index (χ0v) is 46.5.